The molecule has 1 aliphatic heterocycles. The van der Waals surface area contributed by atoms with Crippen LogP contribution in [0.25, 0.3) is 0 Å². The van der Waals surface area contributed by atoms with Crippen molar-refractivity contribution < 1.29 is 0 Å². The highest BCUT2D eigenvalue weighted by molar-refractivity contribution is 5.46. The summed E-state index contributed by atoms with van der Waals surface area (Å²) in [5.41, 5.74) is 1.35. The van der Waals surface area contributed by atoms with Crippen LogP contribution in [-0.2, 0) is 0 Å². The van der Waals surface area contributed by atoms with Gasteiger partial charge in [0, 0.05) is 30.9 Å². The van der Waals surface area contributed by atoms with Crippen molar-refractivity contribution in [1.29, 1.82) is 0 Å². The minimum absolute atomic E-state index is 0.572. The fraction of sp³-hybridized carbons (Fsp3) is 0.538. The molecule has 2 heteroatoms. The summed E-state index contributed by atoms with van der Waals surface area (Å²) in [6.45, 7) is 6.79. The summed E-state index contributed by atoms with van der Waals surface area (Å²) in [6, 6.07) is 11.9. The molecule has 0 saturated carbocycles. The van der Waals surface area contributed by atoms with Gasteiger partial charge in [-0.25, -0.2) is 0 Å². The molecule has 0 aliphatic carbocycles. The van der Waals surface area contributed by atoms with E-state index in [1.165, 1.54) is 12.1 Å². The number of hydrogen-bond acceptors (Lipinski definition) is 2. The molecule has 0 radical (unpaired) electrons. The topological polar surface area (TPSA) is 15.3 Å². The molecule has 0 amide bonds. The number of anilines is 1. The van der Waals surface area contributed by atoms with Crippen LogP contribution in [0.2, 0.25) is 0 Å². The maximum absolute atomic E-state index is 3.60. The molecule has 2 atom stereocenters. The van der Waals surface area contributed by atoms with Crippen molar-refractivity contribution in [1.82, 2.24) is 5.32 Å². The Hall–Kier alpha value is -1.02. The molecular weight excluding hydrogens is 184 g/mol. The summed E-state index contributed by atoms with van der Waals surface area (Å²) in [7, 11) is 0. The van der Waals surface area contributed by atoms with Gasteiger partial charge in [-0.1, -0.05) is 18.2 Å². The number of nitrogens with zero attached hydrogens (tertiary/aromatic N) is 1. The number of hydrogen-bond donors (Lipinski definition) is 1. The molecule has 1 aliphatic rings. The Morgan fingerprint density at radius 2 is 1.87 bits per heavy atom. The fourth-order valence-electron chi connectivity index (χ4n) is 2.27. The Bertz CT molecular complexity index is 297. The third-order valence-corrected chi connectivity index (χ3v) is 3.02. The number of benzene rings is 1. The van der Waals surface area contributed by atoms with Gasteiger partial charge in [-0.15, -0.1) is 0 Å². The first-order valence-electron chi connectivity index (χ1n) is 5.82. The summed E-state index contributed by atoms with van der Waals surface area (Å²) in [5, 5.41) is 3.60. The quantitative estimate of drug-likeness (QED) is 0.755. The normalized spacial score (nSPS) is 27.5. The van der Waals surface area contributed by atoms with Crippen molar-refractivity contribution in [3.05, 3.63) is 30.3 Å². The van der Waals surface area contributed by atoms with Crippen LogP contribution in [0.3, 0.4) is 0 Å². The summed E-state index contributed by atoms with van der Waals surface area (Å²) in [5.74, 6) is 0. The summed E-state index contributed by atoms with van der Waals surface area (Å²) in [6.07, 6.45) is 1.22. The Morgan fingerprint density at radius 1 is 1.13 bits per heavy atom. The zero-order valence-corrected chi connectivity index (χ0v) is 9.61. The number of nitrogens with one attached hydrogen (secondary N) is 1. The maximum atomic E-state index is 3.60. The minimum Gasteiger partial charge on any atom is -0.370 e. The van der Waals surface area contributed by atoms with Crippen LogP contribution in [0, 0.1) is 0 Å². The van der Waals surface area contributed by atoms with E-state index >= 15 is 0 Å². The molecule has 1 aromatic carbocycles. The monoisotopic (exact) mass is 204 g/mol. The number of rotatable bonds is 1. The van der Waals surface area contributed by atoms with E-state index in [0.29, 0.717) is 12.1 Å². The molecule has 1 saturated heterocycles. The van der Waals surface area contributed by atoms with Gasteiger partial charge in [0.05, 0.1) is 0 Å². The predicted octanol–water partition coefficient (Wildman–Crippen LogP) is 2.26. The van der Waals surface area contributed by atoms with Crippen LogP contribution in [0.1, 0.15) is 20.3 Å². The number of para-hydroxylation sites is 1. The maximum Gasteiger partial charge on any atom is 0.0366 e. The van der Waals surface area contributed by atoms with Crippen molar-refractivity contribution in [2.24, 2.45) is 0 Å². The lowest BCUT2D eigenvalue weighted by Crippen LogP contribution is -2.37. The molecule has 1 heterocycles. The molecule has 1 fully saturated rings. The van der Waals surface area contributed by atoms with E-state index in [1.54, 1.807) is 0 Å². The molecule has 2 rings (SSSR count). The Morgan fingerprint density at radius 3 is 2.60 bits per heavy atom. The predicted molar refractivity (Wildman–Crippen MR) is 65.3 cm³/mol. The first kappa shape index (κ1) is 10.5. The van der Waals surface area contributed by atoms with Crippen LogP contribution >= 0.6 is 0 Å². The van der Waals surface area contributed by atoms with Crippen LogP contribution in [-0.4, -0.2) is 25.2 Å². The van der Waals surface area contributed by atoms with Crippen LogP contribution < -0.4 is 10.2 Å². The lowest BCUT2D eigenvalue weighted by atomic mass is 10.2. The Labute approximate surface area is 92.3 Å². The minimum atomic E-state index is 0.572. The SMILES string of the molecule is CC1CCN(c2ccccc2)CC(C)N1. The third-order valence-electron chi connectivity index (χ3n) is 3.02. The average Bonchev–Trinajstić information content (AvgIpc) is 2.41. The largest absolute Gasteiger partial charge is 0.370 e. The van der Waals surface area contributed by atoms with Gasteiger partial charge in [-0.2, -0.15) is 0 Å². The molecule has 15 heavy (non-hydrogen) atoms. The van der Waals surface area contributed by atoms with Crippen molar-refractivity contribution in [3.8, 4) is 0 Å². The van der Waals surface area contributed by atoms with Crippen molar-refractivity contribution in [2.75, 3.05) is 18.0 Å². The second-order valence-electron chi connectivity index (χ2n) is 4.54. The van der Waals surface area contributed by atoms with Gasteiger partial charge in [-0.3, -0.25) is 0 Å². The molecule has 82 valence electrons. The highest BCUT2D eigenvalue weighted by atomic mass is 15.2. The van der Waals surface area contributed by atoms with E-state index in [1.807, 2.05) is 0 Å². The lowest BCUT2D eigenvalue weighted by Gasteiger charge is -2.24. The van der Waals surface area contributed by atoms with Gasteiger partial charge >= 0.3 is 0 Å². The molecule has 0 bridgehead atoms. The van der Waals surface area contributed by atoms with Crippen molar-refractivity contribution in [3.63, 3.8) is 0 Å². The summed E-state index contributed by atoms with van der Waals surface area (Å²) < 4.78 is 0. The molecular formula is C13H20N2. The first-order valence-corrected chi connectivity index (χ1v) is 5.82. The van der Waals surface area contributed by atoms with Gasteiger partial charge in [0.15, 0.2) is 0 Å². The van der Waals surface area contributed by atoms with E-state index < -0.39 is 0 Å². The second-order valence-corrected chi connectivity index (χ2v) is 4.54. The second kappa shape index (κ2) is 4.67. The van der Waals surface area contributed by atoms with Gasteiger partial charge in [0.25, 0.3) is 0 Å². The smallest absolute Gasteiger partial charge is 0.0366 e. The molecule has 1 N–H and O–H groups in total. The van der Waals surface area contributed by atoms with Gasteiger partial charge in [0.2, 0.25) is 0 Å². The zero-order chi connectivity index (χ0) is 10.7. The average molecular weight is 204 g/mol. The first-order chi connectivity index (χ1) is 7.25. The Kier molecular flexibility index (Phi) is 3.27. The van der Waals surface area contributed by atoms with Gasteiger partial charge < -0.3 is 10.2 Å². The van der Waals surface area contributed by atoms with Gasteiger partial charge in [-0.05, 0) is 32.4 Å². The fourth-order valence-corrected chi connectivity index (χ4v) is 2.27. The van der Waals surface area contributed by atoms with Crippen molar-refractivity contribution in [2.45, 2.75) is 32.4 Å². The molecule has 2 nitrogen and oxygen atoms in total. The highest BCUT2D eigenvalue weighted by Crippen LogP contribution is 2.16. The zero-order valence-electron chi connectivity index (χ0n) is 9.61. The van der Waals surface area contributed by atoms with Crippen LogP contribution in [0.4, 0.5) is 5.69 Å². The Balaban J connectivity index is 2.09. The lowest BCUT2D eigenvalue weighted by molar-refractivity contribution is 0.492. The van der Waals surface area contributed by atoms with E-state index in [-0.39, 0.29) is 0 Å². The molecule has 2 unspecified atom stereocenters. The van der Waals surface area contributed by atoms with E-state index in [9.17, 15) is 0 Å². The summed E-state index contributed by atoms with van der Waals surface area (Å²) >= 11 is 0. The van der Waals surface area contributed by atoms with Gasteiger partial charge in [0.1, 0.15) is 0 Å². The molecule has 0 aromatic heterocycles. The van der Waals surface area contributed by atoms with E-state index in [0.717, 1.165) is 13.1 Å². The van der Waals surface area contributed by atoms with Crippen LogP contribution in [0.15, 0.2) is 30.3 Å². The molecule has 1 aromatic rings. The van der Waals surface area contributed by atoms with E-state index in [2.05, 4.69) is 54.4 Å². The standard InChI is InChI=1S/C13H20N2/c1-11-8-9-15(10-12(2)14-11)13-6-4-3-5-7-13/h3-7,11-12,14H,8-10H2,1-2H3. The van der Waals surface area contributed by atoms with Crippen molar-refractivity contribution >= 4 is 5.69 Å². The van der Waals surface area contributed by atoms with Crippen LogP contribution in [0.5, 0.6) is 0 Å². The summed E-state index contributed by atoms with van der Waals surface area (Å²) in [4.78, 5) is 2.47. The molecule has 0 spiro atoms. The third kappa shape index (κ3) is 2.72. The van der Waals surface area contributed by atoms with E-state index in [4.69, 9.17) is 0 Å². The highest BCUT2D eigenvalue weighted by Gasteiger charge is 2.17.